The van der Waals surface area contributed by atoms with Crippen LogP contribution >= 0.6 is 0 Å². The molecule has 2 aromatic rings. The van der Waals surface area contributed by atoms with Crippen LogP contribution in [0.1, 0.15) is 46.7 Å². The van der Waals surface area contributed by atoms with Crippen molar-refractivity contribution in [2.45, 2.75) is 33.2 Å². The van der Waals surface area contributed by atoms with Crippen molar-refractivity contribution >= 4 is 17.5 Å². The molecule has 2 amide bonds. The zero-order chi connectivity index (χ0) is 16.1. The quantitative estimate of drug-likeness (QED) is 0.889. The van der Waals surface area contributed by atoms with Gasteiger partial charge in [0.25, 0.3) is 11.8 Å². The van der Waals surface area contributed by atoms with E-state index >= 15 is 0 Å². The van der Waals surface area contributed by atoms with Crippen LogP contribution in [0.25, 0.3) is 0 Å². The zero-order valence-electron chi connectivity index (χ0n) is 13.0. The number of rotatable bonds is 5. The minimum Gasteiger partial charge on any atom is -0.469 e. The second-order valence-corrected chi connectivity index (χ2v) is 5.17. The van der Waals surface area contributed by atoms with Gasteiger partial charge >= 0.3 is 0 Å². The Morgan fingerprint density at radius 2 is 1.86 bits per heavy atom. The van der Waals surface area contributed by atoms with Gasteiger partial charge in [-0.15, -0.1) is 0 Å². The van der Waals surface area contributed by atoms with Crippen molar-refractivity contribution in [1.29, 1.82) is 0 Å². The molecule has 0 radical (unpaired) electrons. The first-order chi connectivity index (χ1) is 10.5. The van der Waals surface area contributed by atoms with Crippen molar-refractivity contribution in [2.75, 3.05) is 5.32 Å². The van der Waals surface area contributed by atoms with Crippen LogP contribution in [0, 0.1) is 6.92 Å². The van der Waals surface area contributed by atoms with Crippen LogP contribution in [0.15, 0.2) is 41.0 Å². The number of amides is 2. The molecule has 116 valence electrons. The summed E-state index contributed by atoms with van der Waals surface area (Å²) in [5.74, 6) is 0.0447. The van der Waals surface area contributed by atoms with E-state index in [1.165, 1.54) is 6.26 Å². The molecule has 0 saturated carbocycles. The van der Waals surface area contributed by atoms with E-state index in [0.29, 0.717) is 22.6 Å². The number of anilines is 1. The Kier molecular flexibility index (Phi) is 4.99. The van der Waals surface area contributed by atoms with Gasteiger partial charge in [0.15, 0.2) is 0 Å². The lowest BCUT2D eigenvalue weighted by molar-refractivity contribution is 0.0940. The van der Waals surface area contributed by atoms with Crippen LogP contribution < -0.4 is 10.6 Å². The first-order valence-electron chi connectivity index (χ1n) is 7.28. The van der Waals surface area contributed by atoms with Gasteiger partial charge in [0.05, 0.1) is 23.1 Å². The van der Waals surface area contributed by atoms with Gasteiger partial charge in [0.2, 0.25) is 0 Å². The van der Waals surface area contributed by atoms with Crippen LogP contribution in [-0.4, -0.2) is 17.9 Å². The molecular formula is C17H20N2O3. The van der Waals surface area contributed by atoms with Gasteiger partial charge in [-0.25, -0.2) is 0 Å². The molecule has 22 heavy (non-hydrogen) atoms. The molecular weight excluding hydrogens is 280 g/mol. The van der Waals surface area contributed by atoms with E-state index in [4.69, 9.17) is 4.42 Å². The molecule has 1 heterocycles. The Balaban J connectivity index is 2.20. The maximum absolute atomic E-state index is 12.3. The van der Waals surface area contributed by atoms with Gasteiger partial charge in [0, 0.05) is 6.04 Å². The summed E-state index contributed by atoms with van der Waals surface area (Å²) in [4.78, 5) is 24.5. The standard InChI is InChI=1S/C17H20N2O3/c1-4-11(2)18-17(21)14-7-5-6-8-15(14)19-16(20)13-9-10-22-12(13)3/h5-11H,4H2,1-3H3,(H,18,21)(H,19,20). The smallest absolute Gasteiger partial charge is 0.259 e. The van der Waals surface area contributed by atoms with E-state index in [1.807, 2.05) is 13.8 Å². The summed E-state index contributed by atoms with van der Waals surface area (Å²) in [7, 11) is 0. The van der Waals surface area contributed by atoms with Crippen molar-refractivity contribution in [1.82, 2.24) is 5.32 Å². The molecule has 0 aliphatic rings. The molecule has 5 heteroatoms. The predicted octanol–water partition coefficient (Wildman–Crippen LogP) is 3.37. The topological polar surface area (TPSA) is 71.3 Å². The fourth-order valence-corrected chi connectivity index (χ4v) is 2.00. The van der Waals surface area contributed by atoms with Gasteiger partial charge in [-0.05, 0) is 38.5 Å². The van der Waals surface area contributed by atoms with Crippen LogP contribution in [0.3, 0.4) is 0 Å². The maximum Gasteiger partial charge on any atom is 0.259 e. The summed E-state index contributed by atoms with van der Waals surface area (Å²) in [5, 5.41) is 5.66. The molecule has 0 bridgehead atoms. The Morgan fingerprint density at radius 3 is 2.50 bits per heavy atom. The summed E-state index contributed by atoms with van der Waals surface area (Å²) < 4.78 is 5.13. The number of carbonyl (C=O) groups excluding carboxylic acids is 2. The lowest BCUT2D eigenvalue weighted by Gasteiger charge is -2.14. The number of nitrogens with one attached hydrogen (secondary N) is 2. The average molecular weight is 300 g/mol. The Labute approximate surface area is 129 Å². The number of hydrogen-bond acceptors (Lipinski definition) is 3. The van der Waals surface area contributed by atoms with Gasteiger partial charge in [-0.2, -0.15) is 0 Å². The second-order valence-electron chi connectivity index (χ2n) is 5.17. The summed E-state index contributed by atoms with van der Waals surface area (Å²) in [6.45, 7) is 5.66. The lowest BCUT2D eigenvalue weighted by Crippen LogP contribution is -2.32. The highest BCUT2D eigenvalue weighted by molar-refractivity contribution is 6.09. The van der Waals surface area contributed by atoms with Crippen molar-refractivity contribution in [2.24, 2.45) is 0 Å². The molecule has 0 aliphatic carbocycles. The molecule has 0 saturated heterocycles. The first-order valence-corrected chi connectivity index (χ1v) is 7.28. The maximum atomic E-state index is 12.3. The minimum atomic E-state index is -0.296. The molecule has 1 aromatic carbocycles. The minimum absolute atomic E-state index is 0.0763. The van der Waals surface area contributed by atoms with E-state index in [9.17, 15) is 9.59 Å². The van der Waals surface area contributed by atoms with Crippen molar-refractivity contribution in [3.8, 4) is 0 Å². The molecule has 1 aromatic heterocycles. The summed E-state index contributed by atoms with van der Waals surface area (Å²) >= 11 is 0. The normalized spacial score (nSPS) is 11.8. The highest BCUT2D eigenvalue weighted by Crippen LogP contribution is 2.18. The highest BCUT2D eigenvalue weighted by Gasteiger charge is 2.17. The number of para-hydroxylation sites is 1. The fourth-order valence-electron chi connectivity index (χ4n) is 2.00. The Morgan fingerprint density at radius 1 is 1.14 bits per heavy atom. The first kappa shape index (κ1) is 15.8. The number of aryl methyl sites for hydroxylation is 1. The Bertz CT molecular complexity index is 676. The van der Waals surface area contributed by atoms with Gasteiger partial charge in [0.1, 0.15) is 5.76 Å². The molecule has 5 nitrogen and oxygen atoms in total. The molecule has 0 aliphatic heterocycles. The van der Waals surface area contributed by atoms with Crippen molar-refractivity contribution in [3.05, 3.63) is 53.5 Å². The van der Waals surface area contributed by atoms with E-state index in [-0.39, 0.29) is 17.9 Å². The van der Waals surface area contributed by atoms with Gasteiger partial charge in [-0.1, -0.05) is 19.1 Å². The molecule has 2 rings (SSSR count). The Hall–Kier alpha value is -2.56. The molecule has 1 unspecified atom stereocenters. The van der Waals surface area contributed by atoms with Gasteiger partial charge in [-0.3, -0.25) is 9.59 Å². The zero-order valence-corrected chi connectivity index (χ0v) is 13.0. The van der Waals surface area contributed by atoms with E-state index < -0.39 is 0 Å². The van der Waals surface area contributed by atoms with E-state index in [2.05, 4.69) is 10.6 Å². The second kappa shape index (κ2) is 6.93. The SMILES string of the molecule is CCC(C)NC(=O)c1ccccc1NC(=O)c1ccoc1C. The monoisotopic (exact) mass is 300 g/mol. The summed E-state index contributed by atoms with van der Waals surface area (Å²) in [5.41, 5.74) is 1.38. The molecule has 2 N–H and O–H groups in total. The van der Waals surface area contributed by atoms with Gasteiger partial charge < -0.3 is 15.1 Å². The lowest BCUT2D eigenvalue weighted by atomic mass is 10.1. The summed E-state index contributed by atoms with van der Waals surface area (Å²) in [6.07, 6.45) is 2.31. The fraction of sp³-hybridized carbons (Fsp3) is 0.294. The van der Waals surface area contributed by atoms with Crippen LogP contribution in [0.2, 0.25) is 0 Å². The number of benzene rings is 1. The van der Waals surface area contributed by atoms with Crippen LogP contribution in [0.4, 0.5) is 5.69 Å². The third-order valence-corrected chi connectivity index (χ3v) is 3.51. The molecule has 0 fully saturated rings. The molecule has 0 spiro atoms. The number of hydrogen-bond donors (Lipinski definition) is 2. The van der Waals surface area contributed by atoms with Crippen molar-refractivity contribution in [3.63, 3.8) is 0 Å². The predicted molar refractivity (Wildman–Crippen MR) is 85.1 cm³/mol. The van der Waals surface area contributed by atoms with Crippen molar-refractivity contribution < 1.29 is 14.0 Å². The summed E-state index contributed by atoms with van der Waals surface area (Å²) in [6, 6.07) is 8.62. The van der Waals surface area contributed by atoms with Crippen LogP contribution in [0.5, 0.6) is 0 Å². The molecule has 1 atom stereocenters. The largest absolute Gasteiger partial charge is 0.469 e. The van der Waals surface area contributed by atoms with E-state index in [1.54, 1.807) is 37.3 Å². The number of furan rings is 1. The average Bonchev–Trinajstić information content (AvgIpc) is 2.93. The van der Waals surface area contributed by atoms with E-state index in [0.717, 1.165) is 6.42 Å². The third-order valence-electron chi connectivity index (χ3n) is 3.51. The highest BCUT2D eigenvalue weighted by atomic mass is 16.3. The third kappa shape index (κ3) is 3.55. The number of carbonyl (C=O) groups is 2. The van der Waals surface area contributed by atoms with Crippen LogP contribution in [-0.2, 0) is 0 Å².